The Balaban J connectivity index is 1.74. The monoisotopic (exact) mass is 393 g/mol. The van der Waals surface area contributed by atoms with Crippen LogP contribution in [-0.2, 0) is 21.2 Å². The number of carbonyl (C=O) groups excluding carboxylic acids is 1. The van der Waals surface area contributed by atoms with Crippen molar-refractivity contribution in [2.45, 2.75) is 32.9 Å². The zero-order valence-electron chi connectivity index (χ0n) is 15.0. The highest BCUT2D eigenvalue weighted by molar-refractivity contribution is 7.91. The Labute approximate surface area is 158 Å². The van der Waals surface area contributed by atoms with E-state index in [0.29, 0.717) is 13.0 Å². The first-order valence-corrected chi connectivity index (χ1v) is 11.3. The van der Waals surface area contributed by atoms with Crippen LogP contribution in [0.3, 0.4) is 0 Å². The van der Waals surface area contributed by atoms with E-state index in [1.807, 2.05) is 49.6 Å². The lowest BCUT2D eigenvalue weighted by molar-refractivity contribution is -0.135. The van der Waals surface area contributed by atoms with E-state index >= 15 is 0 Å². The molecule has 2 heterocycles. The average Bonchev–Trinajstić information content (AvgIpc) is 3.21. The number of sulfone groups is 1. The molecule has 140 valence electrons. The van der Waals surface area contributed by atoms with Crippen LogP contribution in [-0.4, -0.2) is 43.4 Å². The minimum atomic E-state index is -3.06. The second-order valence-electron chi connectivity index (χ2n) is 6.67. The fourth-order valence-electron chi connectivity index (χ4n) is 3.26. The molecule has 1 fully saturated rings. The highest BCUT2D eigenvalue weighted by Gasteiger charge is 2.35. The number of aryl methyl sites for hydroxylation is 2. The number of ether oxygens (including phenoxy) is 1. The van der Waals surface area contributed by atoms with Gasteiger partial charge in [0.2, 0.25) is 0 Å². The van der Waals surface area contributed by atoms with Crippen molar-refractivity contribution in [1.82, 2.24) is 4.90 Å². The molecule has 1 aliphatic heterocycles. The van der Waals surface area contributed by atoms with Gasteiger partial charge in [-0.2, -0.15) is 0 Å². The molecule has 1 saturated heterocycles. The van der Waals surface area contributed by atoms with E-state index in [0.717, 1.165) is 21.8 Å². The van der Waals surface area contributed by atoms with Gasteiger partial charge in [-0.3, -0.25) is 4.79 Å². The van der Waals surface area contributed by atoms with Crippen molar-refractivity contribution in [1.29, 1.82) is 0 Å². The van der Waals surface area contributed by atoms with Gasteiger partial charge in [0.05, 0.1) is 18.1 Å². The summed E-state index contributed by atoms with van der Waals surface area (Å²) in [6, 6.07) is 9.45. The molecule has 0 unspecified atom stereocenters. The van der Waals surface area contributed by atoms with Crippen LogP contribution in [0.1, 0.15) is 22.4 Å². The molecule has 2 aromatic rings. The van der Waals surface area contributed by atoms with Gasteiger partial charge in [0.25, 0.3) is 5.91 Å². The summed E-state index contributed by atoms with van der Waals surface area (Å²) in [6.07, 6.45) is 0.489. The summed E-state index contributed by atoms with van der Waals surface area (Å²) in [5.74, 6) is 0.719. The van der Waals surface area contributed by atoms with Crippen LogP contribution in [0.25, 0.3) is 0 Å². The number of hydrogen-bond donors (Lipinski definition) is 0. The third-order valence-corrected chi connectivity index (χ3v) is 7.24. The summed E-state index contributed by atoms with van der Waals surface area (Å²) in [6.45, 7) is 4.22. The van der Waals surface area contributed by atoms with Crippen molar-refractivity contribution in [3.63, 3.8) is 0 Å². The highest BCUT2D eigenvalue weighted by Crippen LogP contribution is 2.24. The number of hydrogen-bond acceptors (Lipinski definition) is 5. The van der Waals surface area contributed by atoms with Crippen molar-refractivity contribution in [2.75, 3.05) is 18.1 Å². The first kappa shape index (κ1) is 18.9. The van der Waals surface area contributed by atoms with E-state index in [-0.39, 0.29) is 30.1 Å². The highest BCUT2D eigenvalue weighted by atomic mass is 32.2. The molecular weight excluding hydrogens is 370 g/mol. The van der Waals surface area contributed by atoms with Crippen LogP contribution in [0.5, 0.6) is 5.75 Å². The Morgan fingerprint density at radius 3 is 2.54 bits per heavy atom. The summed E-state index contributed by atoms with van der Waals surface area (Å²) < 4.78 is 29.5. The van der Waals surface area contributed by atoms with Crippen molar-refractivity contribution in [3.05, 3.63) is 51.7 Å². The van der Waals surface area contributed by atoms with Gasteiger partial charge < -0.3 is 9.64 Å². The van der Waals surface area contributed by atoms with Gasteiger partial charge in [-0.15, -0.1) is 11.3 Å². The van der Waals surface area contributed by atoms with Gasteiger partial charge in [0.15, 0.2) is 16.4 Å². The number of carbonyl (C=O) groups is 1. The average molecular weight is 394 g/mol. The maximum Gasteiger partial charge on any atom is 0.261 e. The molecule has 0 spiro atoms. The molecule has 0 bridgehead atoms. The summed E-state index contributed by atoms with van der Waals surface area (Å²) in [5.41, 5.74) is 1.96. The van der Waals surface area contributed by atoms with E-state index in [1.54, 1.807) is 16.2 Å². The number of thiophene rings is 1. The second kappa shape index (κ2) is 7.80. The Bertz CT molecular complexity index is 855. The van der Waals surface area contributed by atoms with Gasteiger partial charge in [-0.1, -0.05) is 24.3 Å². The number of benzene rings is 1. The third-order valence-electron chi connectivity index (χ3n) is 4.62. The predicted octanol–water partition coefficient (Wildman–Crippen LogP) is 2.96. The quantitative estimate of drug-likeness (QED) is 0.757. The molecule has 5 nitrogen and oxygen atoms in total. The minimum Gasteiger partial charge on any atom is -0.483 e. The summed E-state index contributed by atoms with van der Waals surface area (Å²) in [4.78, 5) is 15.6. The van der Waals surface area contributed by atoms with Gasteiger partial charge in [-0.25, -0.2) is 8.42 Å². The molecule has 1 aromatic heterocycles. The van der Waals surface area contributed by atoms with Gasteiger partial charge in [0, 0.05) is 10.9 Å². The van der Waals surface area contributed by atoms with E-state index in [1.165, 1.54) is 0 Å². The van der Waals surface area contributed by atoms with Crippen molar-refractivity contribution >= 4 is 27.1 Å². The maximum absolute atomic E-state index is 12.9. The molecule has 1 aromatic carbocycles. The lowest BCUT2D eigenvalue weighted by Crippen LogP contribution is -2.43. The molecule has 26 heavy (non-hydrogen) atoms. The van der Waals surface area contributed by atoms with Crippen LogP contribution in [0.2, 0.25) is 0 Å². The van der Waals surface area contributed by atoms with Crippen molar-refractivity contribution < 1.29 is 17.9 Å². The van der Waals surface area contributed by atoms with Crippen LogP contribution >= 0.6 is 11.3 Å². The number of nitrogens with zero attached hydrogens (tertiary/aromatic N) is 1. The normalized spacial score (nSPS) is 18.6. The van der Waals surface area contributed by atoms with Gasteiger partial charge in [0.1, 0.15) is 5.75 Å². The van der Waals surface area contributed by atoms with E-state index in [4.69, 9.17) is 4.74 Å². The van der Waals surface area contributed by atoms with E-state index in [9.17, 15) is 13.2 Å². The lowest BCUT2D eigenvalue weighted by Gasteiger charge is -2.28. The number of amides is 1. The number of rotatable bonds is 6. The van der Waals surface area contributed by atoms with Crippen LogP contribution in [0, 0.1) is 13.8 Å². The van der Waals surface area contributed by atoms with Crippen molar-refractivity contribution in [2.24, 2.45) is 0 Å². The Kier molecular flexibility index (Phi) is 5.67. The Morgan fingerprint density at radius 2 is 1.96 bits per heavy atom. The SMILES string of the molecule is Cc1cccc(C)c1OCC(=O)N(Cc1cccs1)[C@H]1CCS(=O)(=O)C1. The van der Waals surface area contributed by atoms with Crippen LogP contribution < -0.4 is 4.74 Å². The molecule has 3 rings (SSSR count). The van der Waals surface area contributed by atoms with Crippen LogP contribution in [0.15, 0.2) is 35.7 Å². The molecule has 1 atom stereocenters. The molecule has 0 aliphatic carbocycles. The Morgan fingerprint density at radius 1 is 1.23 bits per heavy atom. The third kappa shape index (κ3) is 4.45. The van der Waals surface area contributed by atoms with Gasteiger partial charge in [-0.05, 0) is 42.8 Å². The minimum absolute atomic E-state index is 0.0352. The zero-order chi connectivity index (χ0) is 18.7. The fraction of sp³-hybridized carbons (Fsp3) is 0.421. The van der Waals surface area contributed by atoms with Crippen molar-refractivity contribution in [3.8, 4) is 5.75 Å². The Hall–Kier alpha value is -1.86. The lowest BCUT2D eigenvalue weighted by atomic mass is 10.1. The van der Waals surface area contributed by atoms with Gasteiger partial charge >= 0.3 is 0 Å². The molecule has 0 saturated carbocycles. The standard InChI is InChI=1S/C19H23NO4S2/c1-14-5-3-6-15(2)19(14)24-12-18(21)20(11-17-7-4-9-25-17)16-8-10-26(22,23)13-16/h3-7,9,16H,8,10-13H2,1-2H3/t16-/m0/s1. The topological polar surface area (TPSA) is 63.7 Å². The van der Waals surface area contributed by atoms with E-state index in [2.05, 4.69) is 0 Å². The summed E-state index contributed by atoms with van der Waals surface area (Å²) >= 11 is 1.56. The van der Waals surface area contributed by atoms with Crippen LogP contribution in [0.4, 0.5) is 0 Å². The largest absolute Gasteiger partial charge is 0.483 e. The summed E-state index contributed by atoms with van der Waals surface area (Å²) in [7, 11) is -3.06. The molecule has 0 N–H and O–H groups in total. The molecule has 7 heteroatoms. The molecule has 1 aliphatic rings. The molecular formula is C19H23NO4S2. The fourth-order valence-corrected chi connectivity index (χ4v) is 5.69. The molecule has 1 amide bonds. The molecule has 0 radical (unpaired) electrons. The predicted molar refractivity (Wildman–Crippen MR) is 103 cm³/mol. The number of para-hydroxylation sites is 1. The smallest absolute Gasteiger partial charge is 0.261 e. The zero-order valence-corrected chi connectivity index (χ0v) is 16.6. The maximum atomic E-state index is 12.9. The van der Waals surface area contributed by atoms with E-state index < -0.39 is 9.84 Å². The first-order chi connectivity index (χ1) is 12.4. The second-order valence-corrected chi connectivity index (χ2v) is 9.93. The first-order valence-electron chi connectivity index (χ1n) is 8.57. The summed E-state index contributed by atoms with van der Waals surface area (Å²) in [5, 5.41) is 1.95.